The van der Waals surface area contributed by atoms with Crippen LogP contribution >= 0.6 is 22.9 Å². The van der Waals surface area contributed by atoms with Crippen molar-refractivity contribution >= 4 is 39.1 Å². The Kier molecular flexibility index (Phi) is 4.23. The Balaban J connectivity index is 1.77. The van der Waals surface area contributed by atoms with E-state index in [4.69, 9.17) is 21.1 Å². The van der Waals surface area contributed by atoms with Crippen LogP contribution in [0.3, 0.4) is 0 Å². The molecule has 25 heavy (non-hydrogen) atoms. The molecule has 0 saturated heterocycles. The second-order valence-electron chi connectivity index (χ2n) is 5.52. The van der Waals surface area contributed by atoms with Gasteiger partial charge in [0.15, 0.2) is 16.3 Å². The van der Waals surface area contributed by atoms with Crippen LogP contribution in [0.2, 0.25) is 5.02 Å². The van der Waals surface area contributed by atoms with E-state index in [1.54, 1.807) is 18.2 Å². The summed E-state index contributed by atoms with van der Waals surface area (Å²) >= 11 is 7.52. The minimum absolute atomic E-state index is 0.308. The van der Waals surface area contributed by atoms with Crippen LogP contribution in [0.4, 0.5) is 0 Å². The summed E-state index contributed by atoms with van der Waals surface area (Å²) in [5.41, 5.74) is 1.49. The van der Waals surface area contributed by atoms with Crippen molar-refractivity contribution in [3.8, 4) is 11.5 Å². The number of fused-ring (bicyclic) bond motifs is 2. The number of hydrogen-bond acceptors (Lipinski definition) is 4. The summed E-state index contributed by atoms with van der Waals surface area (Å²) in [6, 6.07) is 10.8. The second-order valence-corrected chi connectivity index (χ2v) is 6.96. The van der Waals surface area contributed by atoms with Crippen LogP contribution in [0.25, 0.3) is 10.2 Å². The van der Waals surface area contributed by atoms with Gasteiger partial charge in [0.2, 0.25) is 0 Å². The maximum absolute atomic E-state index is 12.6. The quantitative estimate of drug-likeness (QED) is 0.683. The third-order valence-electron chi connectivity index (χ3n) is 3.95. The van der Waals surface area contributed by atoms with E-state index < -0.39 is 0 Å². The van der Waals surface area contributed by atoms with Gasteiger partial charge in [-0.2, -0.15) is 4.99 Å². The largest absolute Gasteiger partial charge is 0.486 e. The van der Waals surface area contributed by atoms with Crippen molar-refractivity contribution in [2.45, 2.75) is 13.5 Å². The van der Waals surface area contributed by atoms with E-state index in [1.165, 1.54) is 11.3 Å². The number of aromatic nitrogens is 1. The first kappa shape index (κ1) is 16.2. The Morgan fingerprint density at radius 1 is 1.20 bits per heavy atom. The summed E-state index contributed by atoms with van der Waals surface area (Å²) in [4.78, 5) is 17.6. The van der Waals surface area contributed by atoms with Crippen LogP contribution in [0.15, 0.2) is 41.4 Å². The van der Waals surface area contributed by atoms with Crippen molar-refractivity contribution in [1.82, 2.24) is 4.57 Å². The number of ether oxygens (including phenoxy) is 2. The molecule has 1 aliphatic rings. The number of halogens is 1. The highest BCUT2D eigenvalue weighted by Crippen LogP contribution is 2.31. The lowest BCUT2D eigenvalue weighted by atomic mass is 10.2. The lowest BCUT2D eigenvalue weighted by Gasteiger charge is -2.18. The van der Waals surface area contributed by atoms with Gasteiger partial charge in [0, 0.05) is 17.1 Å². The zero-order chi connectivity index (χ0) is 17.4. The van der Waals surface area contributed by atoms with Gasteiger partial charge in [0.1, 0.15) is 13.2 Å². The van der Waals surface area contributed by atoms with E-state index in [0.29, 0.717) is 40.1 Å². The zero-order valence-corrected chi connectivity index (χ0v) is 15.1. The third kappa shape index (κ3) is 3.03. The molecule has 0 bridgehead atoms. The number of benzene rings is 2. The summed E-state index contributed by atoms with van der Waals surface area (Å²) in [6.45, 7) is 3.74. The fraction of sp³-hybridized carbons (Fsp3) is 0.222. The molecule has 4 rings (SSSR count). The van der Waals surface area contributed by atoms with Crippen molar-refractivity contribution in [3.05, 3.63) is 51.8 Å². The highest BCUT2D eigenvalue weighted by molar-refractivity contribution is 7.16. The van der Waals surface area contributed by atoms with Crippen molar-refractivity contribution in [2.75, 3.05) is 13.2 Å². The summed E-state index contributed by atoms with van der Waals surface area (Å²) < 4.78 is 14.0. The molecule has 0 atom stereocenters. The standard InChI is InChI=1S/C18H15ClN2O3S/c1-2-21-13-5-4-12(19)10-16(13)25-18(21)20-17(22)11-3-6-14-15(9-11)24-8-7-23-14/h3-6,9-10H,2,7-8H2,1H3. The minimum atomic E-state index is -0.308. The molecule has 0 unspecified atom stereocenters. The number of carbonyl (C=O) groups is 1. The number of thiazole rings is 1. The van der Waals surface area contributed by atoms with E-state index in [2.05, 4.69) is 4.99 Å². The van der Waals surface area contributed by atoms with Crippen LogP contribution in [0.1, 0.15) is 17.3 Å². The molecular formula is C18H15ClN2O3S. The molecule has 7 heteroatoms. The predicted octanol–water partition coefficient (Wildman–Crippen LogP) is 3.89. The zero-order valence-electron chi connectivity index (χ0n) is 13.5. The van der Waals surface area contributed by atoms with Gasteiger partial charge in [0.25, 0.3) is 5.91 Å². The highest BCUT2D eigenvalue weighted by Gasteiger charge is 2.15. The van der Waals surface area contributed by atoms with Gasteiger partial charge in [-0.25, -0.2) is 0 Å². The average molecular weight is 375 g/mol. The van der Waals surface area contributed by atoms with Gasteiger partial charge in [-0.15, -0.1) is 0 Å². The highest BCUT2D eigenvalue weighted by atomic mass is 35.5. The number of nitrogens with zero attached hydrogens (tertiary/aromatic N) is 2. The number of carbonyl (C=O) groups excluding carboxylic acids is 1. The summed E-state index contributed by atoms with van der Waals surface area (Å²) in [6.07, 6.45) is 0. The smallest absolute Gasteiger partial charge is 0.279 e. The van der Waals surface area contributed by atoms with E-state index >= 15 is 0 Å². The van der Waals surface area contributed by atoms with Crippen molar-refractivity contribution < 1.29 is 14.3 Å². The minimum Gasteiger partial charge on any atom is -0.486 e. The molecule has 5 nitrogen and oxygen atoms in total. The molecule has 2 heterocycles. The van der Waals surface area contributed by atoms with Gasteiger partial charge in [-0.3, -0.25) is 4.79 Å². The molecule has 0 radical (unpaired) electrons. The van der Waals surface area contributed by atoms with E-state index in [-0.39, 0.29) is 5.91 Å². The van der Waals surface area contributed by atoms with E-state index in [0.717, 1.165) is 16.8 Å². The second kappa shape index (κ2) is 6.54. The first-order valence-electron chi connectivity index (χ1n) is 7.93. The van der Waals surface area contributed by atoms with Crippen LogP contribution in [-0.4, -0.2) is 23.7 Å². The molecule has 1 aromatic heterocycles. The Morgan fingerprint density at radius 3 is 2.80 bits per heavy atom. The lowest BCUT2D eigenvalue weighted by molar-refractivity contribution is 0.0996. The third-order valence-corrected chi connectivity index (χ3v) is 5.22. The molecule has 0 N–H and O–H groups in total. The molecule has 0 spiro atoms. The molecule has 1 amide bonds. The number of hydrogen-bond donors (Lipinski definition) is 0. The maximum Gasteiger partial charge on any atom is 0.279 e. The Morgan fingerprint density at radius 2 is 2.00 bits per heavy atom. The SMILES string of the molecule is CCn1c(=NC(=O)c2ccc3c(c2)OCCO3)sc2cc(Cl)ccc21. The molecular weight excluding hydrogens is 360 g/mol. The van der Waals surface area contributed by atoms with Gasteiger partial charge >= 0.3 is 0 Å². The molecule has 0 fully saturated rings. The normalized spacial score (nSPS) is 14.1. The molecule has 2 aromatic carbocycles. The Hall–Kier alpha value is -2.31. The maximum atomic E-state index is 12.6. The van der Waals surface area contributed by atoms with Crippen molar-refractivity contribution in [1.29, 1.82) is 0 Å². The predicted molar refractivity (Wildman–Crippen MR) is 97.8 cm³/mol. The first-order valence-corrected chi connectivity index (χ1v) is 9.13. The fourth-order valence-corrected chi connectivity index (χ4v) is 4.13. The summed E-state index contributed by atoms with van der Waals surface area (Å²) in [5.74, 6) is 0.929. The van der Waals surface area contributed by atoms with Crippen LogP contribution in [-0.2, 0) is 6.54 Å². The van der Waals surface area contributed by atoms with Crippen molar-refractivity contribution in [2.24, 2.45) is 4.99 Å². The monoisotopic (exact) mass is 374 g/mol. The van der Waals surface area contributed by atoms with Crippen LogP contribution < -0.4 is 14.3 Å². The molecule has 3 aromatic rings. The number of aryl methyl sites for hydroxylation is 1. The van der Waals surface area contributed by atoms with Gasteiger partial charge in [-0.05, 0) is 43.3 Å². The van der Waals surface area contributed by atoms with Gasteiger partial charge in [0.05, 0.1) is 10.2 Å². The first-order chi connectivity index (χ1) is 12.2. The van der Waals surface area contributed by atoms with E-state index in [1.807, 2.05) is 29.7 Å². The lowest BCUT2D eigenvalue weighted by Crippen LogP contribution is -2.17. The Bertz CT molecular complexity index is 1040. The van der Waals surface area contributed by atoms with Crippen LogP contribution in [0.5, 0.6) is 11.5 Å². The number of rotatable bonds is 2. The van der Waals surface area contributed by atoms with Crippen molar-refractivity contribution in [3.63, 3.8) is 0 Å². The topological polar surface area (TPSA) is 52.8 Å². The molecule has 1 aliphatic heterocycles. The fourth-order valence-electron chi connectivity index (χ4n) is 2.77. The molecule has 128 valence electrons. The van der Waals surface area contributed by atoms with E-state index in [9.17, 15) is 4.79 Å². The van der Waals surface area contributed by atoms with Crippen LogP contribution in [0, 0.1) is 0 Å². The average Bonchev–Trinajstić information content (AvgIpc) is 2.97. The van der Waals surface area contributed by atoms with Gasteiger partial charge < -0.3 is 14.0 Å². The molecule has 0 saturated carbocycles. The summed E-state index contributed by atoms with van der Waals surface area (Å²) in [7, 11) is 0. The molecule has 0 aliphatic carbocycles. The number of amides is 1. The summed E-state index contributed by atoms with van der Waals surface area (Å²) in [5, 5.41) is 0.668. The Labute approximate surface area is 153 Å². The van der Waals surface area contributed by atoms with Gasteiger partial charge in [-0.1, -0.05) is 22.9 Å².